The van der Waals surface area contributed by atoms with Crippen molar-refractivity contribution in [3.63, 3.8) is 0 Å². The maximum atomic E-state index is 12.4. The van der Waals surface area contributed by atoms with Crippen LogP contribution in [0.1, 0.15) is 10.4 Å². The number of nitrogens with two attached hydrogens (primary N) is 1. The second-order valence-corrected chi connectivity index (χ2v) is 4.50. The maximum Gasteiger partial charge on any atom is 0.257 e. The van der Waals surface area contributed by atoms with Crippen molar-refractivity contribution in [2.75, 3.05) is 18.2 Å². The van der Waals surface area contributed by atoms with Crippen LogP contribution in [0.3, 0.4) is 0 Å². The Morgan fingerprint density at radius 3 is 2.71 bits per heavy atom. The van der Waals surface area contributed by atoms with E-state index in [0.29, 0.717) is 22.3 Å². The predicted molar refractivity (Wildman–Crippen MR) is 81.5 cm³/mol. The molecule has 0 bridgehead atoms. The van der Waals surface area contributed by atoms with E-state index >= 15 is 0 Å². The SMILES string of the molecule is COc1ccc(NC(=O)c2cccc3nc(N)[nH]c23)cc1. The molecule has 2 aromatic carbocycles. The number of hydrogen-bond acceptors (Lipinski definition) is 4. The van der Waals surface area contributed by atoms with E-state index in [1.165, 1.54) is 0 Å². The van der Waals surface area contributed by atoms with E-state index in [1.807, 2.05) is 0 Å². The van der Waals surface area contributed by atoms with Gasteiger partial charge in [0.15, 0.2) is 5.95 Å². The molecule has 0 atom stereocenters. The van der Waals surface area contributed by atoms with Crippen LogP contribution in [0.2, 0.25) is 0 Å². The number of fused-ring (bicyclic) bond motifs is 1. The van der Waals surface area contributed by atoms with Crippen molar-refractivity contribution in [1.29, 1.82) is 0 Å². The van der Waals surface area contributed by atoms with Gasteiger partial charge in [-0.2, -0.15) is 0 Å². The molecule has 0 fully saturated rings. The molecule has 0 aliphatic rings. The van der Waals surface area contributed by atoms with Crippen LogP contribution < -0.4 is 15.8 Å². The topological polar surface area (TPSA) is 93.0 Å². The molecule has 0 unspecified atom stereocenters. The molecule has 1 heterocycles. The van der Waals surface area contributed by atoms with Crippen LogP contribution >= 0.6 is 0 Å². The Labute approximate surface area is 120 Å². The number of para-hydroxylation sites is 1. The Bertz CT molecular complexity index is 793. The summed E-state index contributed by atoms with van der Waals surface area (Å²) < 4.78 is 5.08. The smallest absolute Gasteiger partial charge is 0.257 e. The van der Waals surface area contributed by atoms with Gasteiger partial charge in [0.05, 0.1) is 23.7 Å². The minimum atomic E-state index is -0.227. The van der Waals surface area contributed by atoms with E-state index in [-0.39, 0.29) is 11.9 Å². The van der Waals surface area contributed by atoms with Gasteiger partial charge in [-0.1, -0.05) is 6.07 Å². The van der Waals surface area contributed by atoms with Crippen LogP contribution in [-0.4, -0.2) is 23.0 Å². The number of aromatic amines is 1. The number of nitrogen functional groups attached to an aromatic ring is 1. The van der Waals surface area contributed by atoms with Crippen molar-refractivity contribution in [3.05, 3.63) is 48.0 Å². The monoisotopic (exact) mass is 282 g/mol. The van der Waals surface area contributed by atoms with Gasteiger partial charge in [-0.05, 0) is 36.4 Å². The highest BCUT2D eigenvalue weighted by atomic mass is 16.5. The molecule has 106 valence electrons. The Morgan fingerprint density at radius 1 is 1.24 bits per heavy atom. The van der Waals surface area contributed by atoms with Crippen LogP contribution in [0.25, 0.3) is 11.0 Å². The van der Waals surface area contributed by atoms with Crippen molar-refractivity contribution in [3.8, 4) is 5.75 Å². The number of nitrogens with zero attached hydrogens (tertiary/aromatic N) is 1. The van der Waals surface area contributed by atoms with Crippen LogP contribution in [0.15, 0.2) is 42.5 Å². The lowest BCUT2D eigenvalue weighted by Gasteiger charge is -2.07. The molecule has 0 saturated heterocycles. The van der Waals surface area contributed by atoms with Gasteiger partial charge < -0.3 is 20.8 Å². The standard InChI is InChI=1S/C15H14N4O2/c1-21-10-7-5-9(6-8-10)17-14(20)11-3-2-4-12-13(11)19-15(16)18-12/h2-8H,1H3,(H,17,20)(H3,16,18,19). The van der Waals surface area contributed by atoms with Gasteiger partial charge in [-0.3, -0.25) is 4.79 Å². The maximum absolute atomic E-state index is 12.4. The first-order chi connectivity index (χ1) is 10.2. The van der Waals surface area contributed by atoms with E-state index in [2.05, 4.69) is 15.3 Å². The number of benzene rings is 2. The van der Waals surface area contributed by atoms with Gasteiger partial charge in [0.1, 0.15) is 5.75 Å². The summed E-state index contributed by atoms with van der Waals surface area (Å²) in [5.74, 6) is 0.792. The molecule has 6 heteroatoms. The quantitative estimate of drug-likeness (QED) is 0.687. The lowest BCUT2D eigenvalue weighted by molar-refractivity contribution is 0.102. The molecule has 6 nitrogen and oxygen atoms in total. The third-order valence-electron chi connectivity index (χ3n) is 3.13. The summed E-state index contributed by atoms with van der Waals surface area (Å²) in [4.78, 5) is 19.4. The highest BCUT2D eigenvalue weighted by Gasteiger charge is 2.12. The average Bonchev–Trinajstić information content (AvgIpc) is 2.87. The van der Waals surface area contributed by atoms with E-state index in [1.54, 1.807) is 49.6 Å². The molecule has 1 amide bonds. The molecule has 0 saturated carbocycles. The minimum absolute atomic E-state index is 0.227. The molecule has 3 rings (SSSR count). The zero-order valence-electron chi connectivity index (χ0n) is 11.4. The number of anilines is 2. The minimum Gasteiger partial charge on any atom is -0.497 e. The molecular formula is C15H14N4O2. The lowest BCUT2D eigenvalue weighted by Crippen LogP contribution is -2.12. The highest BCUT2D eigenvalue weighted by Crippen LogP contribution is 2.20. The molecule has 21 heavy (non-hydrogen) atoms. The Balaban J connectivity index is 1.89. The first-order valence-corrected chi connectivity index (χ1v) is 6.37. The number of nitrogens with one attached hydrogen (secondary N) is 2. The number of carbonyl (C=O) groups is 1. The van der Waals surface area contributed by atoms with Gasteiger partial charge in [-0.25, -0.2) is 4.98 Å². The number of H-pyrrole nitrogens is 1. The van der Waals surface area contributed by atoms with E-state index in [9.17, 15) is 4.79 Å². The lowest BCUT2D eigenvalue weighted by atomic mass is 10.1. The summed E-state index contributed by atoms with van der Waals surface area (Å²) in [5, 5.41) is 2.83. The van der Waals surface area contributed by atoms with E-state index in [0.717, 1.165) is 5.75 Å². The number of rotatable bonds is 3. The van der Waals surface area contributed by atoms with Crippen LogP contribution in [0, 0.1) is 0 Å². The molecule has 4 N–H and O–H groups in total. The fourth-order valence-electron chi connectivity index (χ4n) is 2.11. The van der Waals surface area contributed by atoms with Gasteiger partial charge in [0.25, 0.3) is 5.91 Å². The fraction of sp³-hybridized carbons (Fsp3) is 0.0667. The Kier molecular flexibility index (Phi) is 3.19. The molecule has 3 aromatic rings. The van der Waals surface area contributed by atoms with Crippen molar-refractivity contribution in [2.45, 2.75) is 0 Å². The second-order valence-electron chi connectivity index (χ2n) is 4.50. The largest absolute Gasteiger partial charge is 0.497 e. The number of imidazole rings is 1. The Hall–Kier alpha value is -3.02. The van der Waals surface area contributed by atoms with Crippen LogP contribution in [-0.2, 0) is 0 Å². The van der Waals surface area contributed by atoms with Crippen molar-refractivity contribution >= 4 is 28.6 Å². The summed E-state index contributed by atoms with van der Waals surface area (Å²) in [5.41, 5.74) is 8.10. The van der Waals surface area contributed by atoms with Gasteiger partial charge in [0.2, 0.25) is 0 Å². The van der Waals surface area contributed by atoms with Crippen molar-refractivity contribution < 1.29 is 9.53 Å². The third kappa shape index (κ3) is 2.51. The number of carbonyl (C=O) groups excluding carboxylic acids is 1. The highest BCUT2D eigenvalue weighted by molar-refractivity contribution is 6.11. The van der Waals surface area contributed by atoms with Gasteiger partial charge in [-0.15, -0.1) is 0 Å². The van der Waals surface area contributed by atoms with E-state index in [4.69, 9.17) is 10.5 Å². The summed E-state index contributed by atoms with van der Waals surface area (Å²) in [6.07, 6.45) is 0. The summed E-state index contributed by atoms with van der Waals surface area (Å²) in [6, 6.07) is 12.4. The number of methoxy groups -OCH3 is 1. The number of aromatic nitrogens is 2. The van der Waals surface area contributed by atoms with Crippen molar-refractivity contribution in [2.24, 2.45) is 0 Å². The third-order valence-corrected chi connectivity index (χ3v) is 3.13. The number of ether oxygens (including phenoxy) is 1. The van der Waals surface area contributed by atoms with Gasteiger partial charge >= 0.3 is 0 Å². The van der Waals surface area contributed by atoms with Gasteiger partial charge in [0, 0.05) is 5.69 Å². The summed E-state index contributed by atoms with van der Waals surface area (Å²) in [7, 11) is 1.59. The molecule has 0 aliphatic heterocycles. The summed E-state index contributed by atoms with van der Waals surface area (Å²) in [6.45, 7) is 0. The first-order valence-electron chi connectivity index (χ1n) is 6.37. The molecular weight excluding hydrogens is 268 g/mol. The molecule has 0 aliphatic carbocycles. The summed E-state index contributed by atoms with van der Waals surface area (Å²) >= 11 is 0. The molecule has 0 spiro atoms. The zero-order valence-corrected chi connectivity index (χ0v) is 11.4. The molecule has 0 radical (unpaired) electrons. The van der Waals surface area contributed by atoms with Crippen molar-refractivity contribution in [1.82, 2.24) is 9.97 Å². The van der Waals surface area contributed by atoms with Crippen LogP contribution in [0.4, 0.5) is 11.6 Å². The van der Waals surface area contributed by atoms with E-state index < -0.39 is 0 Å². The number of amides is 1. The molecule has 1 aromatic heterocycles. The average molecular weight is 282 g/mol. The zero-order chi connectivity index (χ0) is 14.8. The second kappa shape index (κ2) is 5.16. The fourth-order valence-corrected chi connectivity index (χ4v) is 2.11. The normalized spacial score (nSPS) is 10.5. The number of hydrogen-bond donors (Lipinski definition) is 3. The first kappa shape index (κ1) is 13.0. The predicted octanol–water partition coefficient (Wildman–Crippen LogP) is 2.41. The van der Waals surface area contributed by atoms with Crippen LogP contribution in [0.5, 0.6) is 5.75 Å². The Morgan fingerprint density at radius 2 is 2.00 bits per heavy atom.